The lowest BCUT2D eigenvalue weighted by atomic mass is 9.89. The van der Waals surface area contributed by atoms with Gasteiger partial charge in [0.05, 0.1) is 11.1 Å². The smallest absolute Gasteiger partial charge is 0.260 e. The minimum absolute atomic E-state index is 0.0472. The molecule has 0 radical (unpaired) electrons. The van der Waals surface area contributed by atoms with Crippen LogP contribution in [0.2, 0.25) is 0 Å². The van der Waals surface area contributed by atoms with E-state index in [9.17, 15) is 9.59 Å². The molecule has 1 N–H and O–H groups in total. The third-order valence-electron chi connectivity index (χ3n) is 5.35. The normalized spacial score (nSPS) is 17.9. The third-order valence-corrected chi connectivity index (χ3v) is 7.37. The van der Waals surface area contributed by atoms with Gasteiger partial charge in [-0.1, -0.05) is 18.7 Å². The summed E-state index contributed by atoms with van der Waals surface area (Å²) in [5.41, 5.74) is 1.63. The fourth-order valence-electron chi connectivity index (χ4n) is 3.83. The summed E-state index contributed by atoms with van der Waals surface area (Å²) in [5.74, 6) is 2.04. The van der Waals surface area contributed by atoms with E-state index in [4.69, 9.17) is 9.47 Å². The highest BCUT2D eigenvalue weighted by molar-refractivity contribution is 7.99. The van der Waals surface area contributed by atoms with E-state index in [1.165, 1.54) is 22.2 Å². The van der Waals surface area contributed by atoms with E-state index in [2.05, 4.69) is 16.9 Å². The van der Waals surface area contributed by atoms with Crippen molar-refractivity contribution in [3.05, 3.63) is 44.6 Å². The van der Waals surface area contributed by atoms with Gasteiger partial charge in [-0.2, -0.15) is 0 Å². The van der Waals surface area contributed by atoms with Crippen LogP contribution in [-0.2, 0) is 12.8 Å². The standard InChI is InChI=1S/C21H20N2O4S2/c1-11-2-4-13-17(8-11)29-20-18(13)19(25)22-21(23-20)28-10-14(24)12-3-5-15-16(9-12)27-7-6-26-15/h3,5,9,11H,2,4,6-8,10H2,1H3,(H,22,23,25). The second-order valence-corrected chi connectivity index (χ2v) is 9.52. The fourth-order valence-corrected chi connectivity index (χ4v) is 6.03. The quantitative estimate of drug-likeness (QED) is 0.386. The maximum Gasteiger partial charge on any atom is 0.260 e. The zero-order valence-electron chi connectivity index (χ0n) is 15.9. The Hall–Kier alpha value is -2.32. The number of nitrogens with one attached hydrogen (secondary N) is 1. The molecule has 2 aliphatic rings. The lowest BCUT2D eigenvalue weighted by Crippen LogP contribution is -2.16. The molecule has 5 rings (SSSR count). The number of carbonyl (C=O) groups is 1. The summed E-state index contributed by atoms with van der Waals surface area (Å²) in [4.78, 5) is 34.8. The molecule has 0 bridgehead atoms. The Morgan fingerprint density at radius 3 is 3.00 bits per heavy atom. The molecule has 8 heteroatoms. The number of hydrogen-bond donors (Lipinski definition) is 1. The van der Waals surface area contributed by atoms with Crippen molar-refractivity contribution in [3.63, 3.8) is 0 Å². The Balaban J connectivity index is 1.35. The number of fused-ring (bicyclic) bond motifs is 4. The summed E-state index contributed by atoms with van der Waals surface area (Å²) in [6.45, 7) is 3.24. The number of Topliss-reactive ketones (excluding diaryl/α,β-unsaturated/α-hetero) is 1. The number of aryl methyl sites for hydroxylation is 1. The van der Waals surface area contributed by atoms with Gasteiger partial charge in [-0.25, -0.2) is 4.98 Å². The highest BCUT2D eigenvalue weighted by atomic mass is 32.2. The first-order valence-electron chi connectivity index (χ1n) is 9.68. The lowest BCUT2D eigenvalue weighted by molar-refractivity contribution is 0.102. The molecule has 0 saturated heterocycles. The van der Waals surface area contributed by atoms with Crippen LogP contribution in [0.4, 0.5) is 0 Å². The molecule has 6 nitrogen and oxygen atoms in total. The van der Waals surface area contributed by atoms with Crippen molar-refractivity contribution in [1.82, 2.24) is 9.97 Å². The number of thiophene rings is 1. The van der Waals surface area contributed by atoms with Gasteiger partial charge in [0.2, 0.25) is 0 Å². The largest absolute Gasteiger partial charge is 0.486 e. The molecule has 0 saturated carbocycles. The first-order valence-corrected chi connectivity index (χ1v) is 11.5. The van der Waals surface area contributed by atoms with Crippen molar-refractivity contribution in [2.24, 2.45) is 5.92 Å². The maximum absolute atomic E-state index is 12.7. The Kier molecular flexibility index (Phi) is 4.83. The lowest BCUT2D eigenvalue weighted by Gasteiger charge is -2.18. The van der Waals surface area contributed by atoms with Gasteiger partial charge in [0.25, 0.3) is 5.56 Å². The predicted octanol–water partition coefficient (Wildman–Crippen LogP) is 3.86. The van der Waals surface area contributed by atoms with Crippen molar-refractivity contribution in [2.45, 2.75) is 31.3 Å². The average molecular weight is 429 g/mol. The van der Waals surface area contributed by atoms with Crippen LogP contribution in [0.1, 0.15) is 34.1 Å². The number of hydrogen-bond acceptors (Lipinski definition) is 7. The highest BCUT2D eigenvalue weighted by Gasteiger charge is 2.23. The van der Waals surface area contributed by atoms with Crippen LogP contribution >= 0.6 is 23.1 Å². The van der Waals surface area contributed by atoms with Gasteiger partial charge < -0.3 is 14.5 Å². The zero-order chi connectivity index (χ0) is 20.0. The molecule has 1 aromatic carbocycles. The second kappa shape index (κ2) is 7.50. The highest BCUT2D eigenvalue weighted by Crippen LogP contribution is 2.36. The van der Waals surface area contributed by atoms with E-state index in [0.29, 0.717) is 41.4 Å². The molecule has 29 heavy (non-hydrogen) atoms. The van der Waals surface area contributed by atoms with Crippen LogP contribution in [0.25, 0.3) is 10.2 Å². The number of aromatic amines is 1. The van der Waals surface area contributed by atoms with Gasteiger partial charge in [-0.3, -0.25) is 9.59 Å². The first kappa shape index (κ1) is 18.7. The van der Waals surface area contributed by atoms with Crippen molar-refractivity contribution in [2.75, 3.05) is 19.0 Å². The van der Waals surface area contributed by atoms with Crippen molar-refractivity contribution < 1.29 is 14.3 Å². The van der Waals surface area contributed by atoms with Crippen LogP contribution in [0.15, 0.2) is 28.2 Å². The number of benzene rings is 1. The van der Waals surface area contributed by atoms with Crippen molar-refractivity contribution >= 4 is 39.1 Å². The molecule has 1 atom stereocenters. The summed E-state index contributed by atoms with van der Waals surface area (Å²) in [6, 6.07) is 5.21. The third kappa shape index (κ3) is 3.55. The van der Waals surface area contributed by atoms with Crippen LogP contribution in [0, 0.1) is 5.92 Å². The number of nitrogens with zero attached hydrogens (tertiary/aromatic N) is 1. The van der Waals surface area contributed by atoms with E-state index in [1.54, 1.807) is 29.5 Å². The molecule has 0 spiro atoms. The van der Waals surface area contributed by atoms with Gasteiger partial charge >= 0.3 is 0 Å². The molecule has 3 aromatic rings. The van der Waals surface area contributed by atoms with E-state index in [0.717, 1.165) is 29.5 Å². The Morgan fingerprint density at radius 1 is 1.31 bits per heavy atom. The number of rotatable bonds is 4. The van der Waals surface area contributed by atoms with Crippen molar-refractivity contribution in [1.29, 1.82) is 0 Å². The van der Waals surface area contributed by atoms with Crippen LogP contribution in [0.3, 0.4) is 0 Å². The van der Waals surface area contributed by atoms with Crippen LogP contribution in [0.5, 0.6) is 11.5 Å². The second-order valence-electron chi connectivity index (χ2n) is 7.47. The number of H-pyrrole nitrogens is 1. The molecular formula is C21H20N2O4S2. The van der Waals surface area contributed by atoms with Crippen LogP contribution < -0.4 is 15.0 Å². The minimum Gasteiger partial charge on any atom is -0.486 e. The average Bonchev–Trinajstić information content (AvgIpc) is 3.09. The number of ether oxygens (including phenoxy) is 2. The van der Waals surface area contributed by atoms with Crippen LogP contribution in [-0.4, -0.2) is 34.7 Å². The topological polar surface area (TPSA) is 81.3 Å². The zero-order valence-corrected chi connectivity index (χ0v) is 17.6. The van der Waals surface area contributed by atoms with Gasteiger partial charge in [0, 0.05) is 10.4 Å². The Labute approximate surface area is 175 Å². The number of aromatic nitrogens is 2. The molecule has 2 aromatic heterocycles. The molecule has 1 unspecified atom stereocenters. The molecule has 1 aliphatic carbocycles. The fraction of sp³-hybridized carbons (Fsp3) is 0.381. The maximum atomic E-state index is 12.7. The summed E-state index contributed by atoms with van der Waals surface area (Å²) in [5, 5.41) is 1.22. The summed E-state index contributed by atoms with van der Waals surface area (Å²) in [7, 11) is 0. The molecule has 1 aliphatic heterocycles. The number of carbonyl (C=O) groups excluding carboxylic acids is 1. The van der Waals surface area contributed by atoms with Gasteiger partial charge in [-0.05, 0) is 48.9 Å². The summed E-state index contributed by atoms with van der Waals surface area (Å²) in [6.07, 6.45) is 3.07. The van der Waals surface area contributed by atoms with Gasteiger partial charge in [-0.15, -0.1) is 11.3 Å². The first-order chi connectivity index (χ1) is 14.1. The molecule has 0 amide bonds. The summed E-state index contributed by atoms with van der Waals surface area (Å²) < 4.78 is 11.0. The molecule has 0 fully saturated rings. The number of ketones is 1. The monoisotopic (exact) mass is 428 g/mol. The van der Waals surface area contributed by atoms with E-state index in [-0.39, 0.29) is 17.1 Å². The Morgan fingerprint density at radius 2 is 2.14 bits per heavy atom. The minimum atomic E-state index is -0.101. The van der Waals surface area contributed by atoms with Crippen molar-refractivity contribution in [3.8, 4) is 11.5 Å². The van der Waals surface area contributed by atoms with Gasteiger partial charge in [0.15, 0.2) is 22.4 Å². The Bertz CT molecular complexity index is 1170. The van der Waals surface area contributed by atoms with E-state index < -0.39 is 0 Å². The molecular weight excluding hydrogens is 408 g/mol. The summed E-state index contributed by atoms with van der Waals surface area (Å²) >= 11 is 2.87. The SMILES string of the molecule is CC1CCc2c(sc3nc(SCC(=O)c4ccc5c(c4)OCCO5)[nH]c(=O)c23)C1. The number of thioether (sulfide) groups is 1. The molecule has 150 valence electrons. The predicted molar refractivity (Wildman–Crippen MR) is 114 cm³/mol. The van der Waals surface area contributed by atoms with Gasteiger partial charge in [0.1, 0.15) is 18.0 Å². The molecule has 3 heterocycles. The van der Waals surface area contributed by atoms with E-state index >= 15 is 0 Å². The van der Waals surface area contributed by atoms with E-state index in [1.807, 2.05) is 0 Å².